The number of urea groups is 1. The van der Waals surface area contributed by atoms with Crippen LogP contribution in [0.4, 0.5) is 4.79 Å². The van der Waals surface area contributed by atoms with Gasteiger partial charge in [-0.2, -0.15) is 0 Å². The molecular weight excluding hydrogens is 335 g/mol. The van der Waals surface area contributed by atoms with Crippen LogP contribution in [0.2, 0.25) is 0 Å². The predicted octanol–water partition coefficient (Wildman–Crippen LogP) is 3.77. The lowest BCUT2D eigenvalue weighted by atomic mass is 9.90. The van der Waals surface area contributed by atoms with Crippen LogP contribution in [-0.4, -0.2) is 27.7 Å². The summed E-state index contributed by atoms with van der Waals surface area (Å²) < 4.78 is -0.807. The molecule has 1 saturated heterocycles. The van der Waals surface area contributed by atoms with Crippen LogP contribution in [0.1, 0.15) is 44.2 Å². The minimum Gasteiger partial charge on any atom is -0.319 e. The van der Waals surface area contributed by atoms with Gasteiger partial charge in [-0.1, -0.05) is 38.1 Å². The molecule has 1 aliphatic heterocycles. The Morgan fingerprint density at radius 3 is 2.30 bits per heavy atom. The second-order valence-corrected chi connectivity index (χ2v) is 8.45. The van der Waals surface area contributed by atoms with E-state index in [4.69, 9.17) is 23.2 Å². The van der Waals surface area contributed by atoms with E-state index in [0.717, 1.165) is 5.56 Å². The van der Waals surface area contributed by atoms with Crippen LogP contribution in [0.25, 0.3) is 0 Å². The summed E-state index contributed by atoms with van der Waals surface area (Å²) in [7, 11) is 0. The molecule has 2 unspecified atom stereocenters. The Labute approximate surface area is 146 Å². The van der Waals surface area contributed by atoms with E-state index in [1.165, 1.54) is 10.5 Å². The van der Waals surface area contributed by atoms with Crippen molar-refractivity contribution in [1.82, 2.24) is 10.2 Å². The average molecular weight is 355 g/mol. The Morgan fingerprint density at radius 2 is 1.83 bits per heavy atom. The highest BCUT2D eigenvalue weighted by atomic mass is 35.5. The number of carbonyl (C=O) groups is 2. The van der Waals surface area contributed by atoms with Crippen molar-refractivity contribution in [2.24, 2.45) is 5.92 Å². The fraction of sp³-hybridized carbons (Fsp3) is 0.529. The minimum atomic E-state index is -1.04. The smallest absolute Gasteiger partial charge is 0.319 e. The summed E-state index contributed by atoms with van der Waals surface area (Å²) in [5, 5.41) is 2.81. The first-order chi connectivity index (χ1) is 10.6. The largest absolute Gasteiger partial charge is 0.325 e. The molecular formula is C17H20Cl2N2O2. The first-order valence-electron chi connectivity index (χ1n) is 7.77. The number of alkyl halides is 2. The molecule has 2 atom stereocenters. The van der Waals surface area contributed by atoms with E-state index in [9.17, 15) is 9.59 Å². The number of amides is 3. The van der Waals surface area contributed by atoms with Crippen molar-refractivity contribution in [3.8, 4) is 0 Å². The molecule has 2 fully saturated rings. The van der Waals surface area contributed by atoms with Gasteiger partial charge in [0.1, 0.15) is 9.87 Å². The molecule has 2 aliphatic rings. The van der Waals surface area contributed by atoms with Crippen molar-refractivity contribution in [1.29, 1.82) is 0 Å². The van der Waals surface area contributed by atoms with Crippen molar-refractivity contribution < 1.29 is 9.59 Å². The maximum Gasteiger partial charge on any atom is 0.325 e. The quantitative estimate of drug-likeness (QED) is 0.660. The summed E-state index contributed by atoms with van der Waals surface area (Å²) in [5.74, 6) is 0.111. The number of hydrogen-bond donors (Lipinski definition) is 1. The average Bonchev–Trinajstić information content (AvgIpc) is 3.03. The first kappa shape index (κ1) is 16.6. The summed E-state index contributed by atoms with van der Waals surface area (Å²) in [5.41, 5.74) is 0.933. The minimum absolute atomic E-state index is 0.0498. The third-order valence-corrected chi connectivity index (χ3v) is 5.71. The molecule has 0 bridgehead atoms. The Bertz CT molecular complexity index is 657. The summed E-state index contributed by atoms with van der Waals surface area (Å²) in [6.45, 7) is 6.22. The van der Waals surface area contributed by atoms with E-state index >= 15 is 0 Å². The Kier molecular flexibility index (Phi) is 3.88. The number of nitrogens with zero attached hydrogens (tertiary/aromatic N) is 1. The molecule has 1 aliphatic carbocycles. The fourth-order valence-corrected chi connectivity index (χ4v) is 3.46. The lowest BCUT2D eigenvalue weighted by molar-refractivity contribution is -0.131. The molecule has 1 aromatic carbocycles. The van der Waals surface area contributed by atoms with Gasteiger partial charge in [-0.25, -0.2) is 4.79 Å². The normalized spacial score (nSPS) is 29.1. The molecule has 1 heterocycles. The van der Waals surface area contributed by atoms with E-state index in [1.54, 1.807) is 6.92 Å². The van der Waals surface area contributed by atoms with Crippen LogP contribution in [0.15, 0.2) is 24.3 Å². The maximum absolute atomic E-state index is 12.8. The Balaban J connectivity index is 1.81. The maximum atomic E-state index is 12.8. The second kappa shape index (κ2) is 5.38. The van der Waals surface area contributed by atoms with Gasteiger partial charge in [-0.15, -0.1) is 23.2 Å². The molecule has 0 radical (unpaired) electrons. The van der Waals surface area contributed by atoms with E-state index in [0.29, 0.717) is 12.3 Å². The van der Waals surface area contributed by atoms with Crippen LogP contribution >= 0.6 is 23.2 Å². The van der Waals surface area contributed by atoms with Crippen LogP contribution in [0.3, 0.4) is 0 Å². The second-order valence-electron chi connectivity index (χ2n) is 6.91. The van der Waals surface area contributed by atoms with Gasteiger partial charge < -0.3 is 5.32 Å². The molecule has 124 valence electrons. The van der Waals surface area contributed by atoms with Crippen LogP contribution in [0.5, 0.6) is 0 Å². The molecule has 1 saturated carbocycles. The molecule has 3 rings (SSSR count). The van der Waals surface area contributed by atoms with Crippen LogP contribution in [-0.2, 0) is 10.3 Å². The van der Waals surface area contributed by atoms with Gasteiger partial charge in [0.05, 0.1) is 0 Å². The van der Waals surface area contributed by atoms with Gasteiger partial charge >= 0.3 is 6.03 Å². The van der Waals surface area contributed by atoms with Crippen molar-refractivity contribution in [3.05, 3.63) is 35.4 Å². The molecule has 1 aromatic rings. The van der Waals surface area contributed by atoms with E-state index in [2.05, 4.69) is 19.2 Å². The van der Waals surface area contributed by atoms with E-state index in [1.807, 2.05) is 24.3 Å². The van der Waals surface area contributed by atoms with E-state index < -0.39 is 9.87 Å². The molecule has 1 N–H and O–H groups in total. The molecule has 3 amide bonds. The van der Waals surface area contributed by atoms with Gasteiger partial charge in [-0.05, 0) is 30.4 Å². The molecule has 0 spiro atoms. The summed E-state index contributed by atoms with van der Waals surface area (Å²) >= 11 is 12.0. The van der Waals surface area contributed by atoms with Crippen LogP contribution in [0, 0.1) is 5.92 Å². The van der Waals surface area contributed by atoms with Crippen molar-refractivity contribution in [3.63, 3.8) is 0 Å². The van der Waals surface area contributed by atoms with Gasteiger partial charge in [0.2, 0.25) is 0 Å². The third-order valence-electron chi connectivity index (χ3n) is 4.79. The number of nitrogens with one attached hydrogen (secondary N) is 1. The predicted molar refractivity (Wildman–Crippen MR) is 90.7 cm³/mol. The standard InChI is InChI=1S/C17H20Cl2N2O2/c1-10(2)11-4-6-12(7-5-11)16(3)14(22)21(15(23)20-16)9-13-8-17(13,18)19/h4-7,10,13H,8-9H2,1-3H3,(H,20,23). The van der Waals surface area contributed by atoms with Gasteiger partial charge in [0.15, 0.2) is 0 Å². The van der Waals surface area contributed by atoms with Gasteiger partial charge in [-0.3, -0.25) is 9.69 Å². The zero-order valence-electron chi connectivity index (χ0n) is 13.4. The number of rotatable bonds is 4. The SMILES string of the molecule is CC(C)c1ccc(C2(C)NC(=O)N(CC3CC3(Cl)Cl)C2=O)cc1. The number of hydrogen-bond acceptors (Lipinski definition) is 2. The molecule has 0 aromatic heterocycles. The summed E-state index contributed by atoms with van der Waals surface area (Å²) in [6.07, 6.45) is 0.604. The van der Waals surface area contributed by atoms with Gasteiger partial charge in [0.25, 0.3) is 5.91 Å². The number of benzene rings is 1. The monoisotopic (exact) mass is 354 g/mol. The number of imide groups is 1. The number of halogens is 2. The Morgan fingerprint density at radius 1 is 1.26 bits per heavy atom. The lowest BCUT2D eigenvalue weighted by Gasteiger charge is -2.23. The molecule has 6 heteroatoms. The fourth-order valence-electron chi connectivity index (χ4n) is 2.95. The van der Waals surface area contributed by atoms with Crippen molar-refractivity contribution in [2.75, 3.05) is 6.54 Å². The third kappa shape index (κ3) is 2.83. The topological polar surface area (TPSA) is 49.4 Å². The zero-order chi connectivity index (χ0) is 17.0. The lowest BCUT2D eigenvalue weighted by Crippen LogP contribution is -2.41. The van der Waals surface area contributed by atoms with Crippen LogP contribution < -0.4 is 5.32 Å². The zero-order valence-corrected chi connectivity index (χ0v) is 14.9. The number of carbonyl (C=O) groups excluding carboxylic acids is 2. The van der Waals surface area contributed by atoms with Crippen molar-refractivity contribution in [2.45, 2.75) is 43.0 Å². The highest BCUT2D eigenvalue weighted by Crippen LogP contribution is 2.53. The highest BCUT2D eigenvalue weighted by Gasteiger charge is 2.56. The molecule has 4 nitrogen and oxygen atoms in total. The van der Waals surface area contributed by atoms with Gasteiger partial charge in [0, 0.05) is 12.5 Å². The summed E-state index contributed by atoms with van der Waals surface area (Å²) in [6, 6.07) is 7.41. The highest BCUT2D eigenvalue weighted by molar-refractivity contribution is 6.50. The molecule has 23 heavy (non-hydrogen) atoms. The summed E-state index contributed by atoms with van der Waals surface area (Å²) in [4.78, 5) is 26.2. The first-order valence-corrected chi connectivity index (χ1v) is 8.53. The Hall–Kier alpha value is -1.26. The van der Waals surface area contributed by atoms with E-state index in [-0.39, 0.29) is 24.4 Å². The van der Waals surface area contributed by atoms with Crippen molar-refractivity contribution >= 4 is 35.1 Å².